The fraction of sp³-hybridized carbons (Fsp3) is 0.536. The molecule has 0 aliphatic rings. The highest BCUT2D eigenvalue weighted by molar-refractivity contribution is 5.83. The highest BCUT2D eigenvalue weighted by Crippen LogP contribution is 2.29. The van der Waals surface area contributed by atoms with Crippen LogP contribution in [0.4, 0.5) is 0 Å². The molecule has 1 aromatic heterocycles. The molecule has 38 heavy (non-hydrogen) atoms. The van der Waals surface area contributed by atoms with Gasteiger partial charge in [0.1, 0.15) is 11.9 Å². The topological polar surface area (TPSA) is 115 Å². The molecule has 0 saturated heterocycles. The number of nitrogens with one attached hydrogen (secondary N) is 1. The smallest absolute Gasteiger partial charge is 0.326 e. The number of nitrogens with zero attached hydrogens (tertiary/aromatic N) is 3. The molecule has 210 valence electrons. The number of aliphatic hydroxyl groups excluding tert-OH is 1. The highest BCUT2D eigenvalue weighted by Gasteiger charge is 2.26. The van der Waals surface area contributed by atoms with E-state index in [1.807, 2.05) is 38.1 Å². The number of aliphatic hydroxyl groups is 1. The van der Waals surface area contributed by atoms with Crippen LogP contribution in [-0.2, 0) is 30.3 Å². The van der Waals surface area contributed by atoms with Crippen molar-refractivity contribution in [2.24, 2.45) is 0 Å². The van der Waals surface area contributed by atoms with Crippen LogP contribution < -0.4 is 5.32 Å². The van der Waals surface area contributed by atoms with Crippen LogP contribution in [0.2, 0.25) is 0 Å². The number of methoxy groups -OCH3 is 2. The van der Waals surface area contributed by atoms with Crippen LogP contribution in [0.25, 0.3) is 16.6 Å². The van der Waals surface area contributed by atoms with E-state index in [4.69, 9.17) is 19.2 Å². The maximum Gasteiger partial charge on any atom is 0.326 e. The number of allylic oxidation sites excluding steroid dienone is 3. The van der Waals surface area contributed by atoms with Gasteiger partial charge in [0.15, 0.2) is 0 Å². The van der Waals surface area contributed by atoms with E-state index in [0.29, 0.717) is 25.6 Å². The predicted octanol–water partition coefficient (Wildman–Crippen LogP) is 3.06. The first-order valence-electron chi connectivity index (χ1n) is 12.7. The molecule has 0 fully saturated rings. The quantitative estimate of drug-likeness (QED) is 0.205. The molecule has 1 amide bonds. The van der Waals surface area contributed by atoms with Gasteiger partial charge in [-0.05, 0) is 52.3 Å². The molecule has 0 aliphatic heterocycles. The molecule has 2 rings (SSSR count). The number of aromatic nitrogens is 2. The van der Waals surface area contributed by atoms with Crippen LogP contribution in [0.5, 0.6) is 0 Å². The van der Waals surface area contributed by atoms with Crippen molar-refractivity contribution in [2.45, 2.75) is 65.5 Å². The number of hydrogen-bond acceptors (Lipinski definition) is 8. The summed E-state index contributed by atoms with van der Waals surface area (Å²) in [5, 5.41) is 13.2. The van der Waals surface area contributed by atoms with Gasteiger partial charge in [0.25, 0.3) is 0 Å². The summed E-state index contributed by atoms with van der Waals surface area (Å²) in [7, 11) is 4.95. The Bertz CT molecular complexity index is 1130. The highest BCUT2D eigenvalue weighted by atomic mass is 16.5. The van der Waals surface area contributed by atoms with Crippen molar-refractivity contribution in [2.75, 3.05) is 34.5 Å². The van der Waals surface area contributed by atoms with Gasteiger partial charge >= 0.3 is 5.97 Å². The van der Waals surface area contributed by atoms with Crippen LogP contribution in [0.3, 0.4) is 0 Å². The fourth-order valence-corrected chi connectivity index (χ4v) is 4.11. The molecule has 2 aromatic rings. The minimum absolute atomic E-state index is 0.171. The van der Waals surface area contributed by atoms with Crippen molar-refractivity contribution in [3.8, 4) is 0 Å². The Morgan fingerprint density at radius 1 is 1.18 bits per heavy atom. The molecule has 1 heterocycles. The Labute approximate surface area is 225 Å². The zero-order valence-electron chi connectivity index (χ0n) is 23.7. The second-order valence-electron chi connectivity index (χ2n) is 9.85. The predicted molar refractivity (Wildman–Crippen MR) is 147 cm³/mol. The summed E-state index contributed by atoms with van der Waals surface area (Å²) in [6.07, 6.45) is 3.25. The number of esters is 1. The summed E-state index contributed by atoms with van der Waals surface area (Å²) in [5.74, 6) is 0.168. The van der Waals surface area contributed by atoms with E-state index in [-0.39, 0.29) is 12.1 Å². The average Bonchev–Trinajstić information content (AvgIpc) is 3.21. The number of amides is 1. The van der Waals surface area contributed by atoms with Crippen molar-refractivity contribution in [1.29, 1.82) is 0 Å². The molecule has 0 unspecified atom stereocenters. The normalized spacial score (nSPS) is 13.6. The maximum atomic E-state index is 12.4. The molecule has 10 heteroatoms. The van der Waals surface area contributed by atoms with Crippen LogP contribution in [0.1, 0.15) is 52.0 Å². The van der Waals surface area contributed by atoms with E-state index >= 15 is 0 Å². The number of fused-ring (bicyclic) bond motifs is 1. The van der Waals surface area contributed by atoms with Crippen molar-refractivity contribution in [3.05, 3.63) is 47.4 Å². The second-order valence-corrected chi connectivity index (χ2v) is 9.85. The fourth-order valence-electron chi connectivity index (χ4n) is 4.11. The van der Waals surface area contributed by atoms with E-state index in [9.17, 15) is 14.7 Å². The van der Waals surface area contributed by atoms with Gasteiger partial charge in [-0.15, -0.1) is 0 Å². The molecule has 2 atom stereocenters. The molecule has 0 aliphatic carbocycles. The zero-order chi connectivity index (χ0) is 28.4. The van der Waals surface area contributed by atoms with Gasteiger partial charge in [0.2, 0.25) is 6.41 Å². The molecule has 0 bridgehead atoms. The molecule has 0 saturated carbocycles. The molecule has 2 N–H and O–H groups in total. The van der Waals surface area contributed by atoms with E-state index in [1.165, 1.54) is 4.90 Å². The number of hydrogen-bond donors (Lipinski definition) is 2. The zero-order valence-corrected chi connectivity index (χ0v) is 23.7. The average molecular weight is 531 g/mol. The van der Waals surface area contributed by atoms with E-state index in [2.05, 4.69) is 9.88 Å². The summed E-state index contributed by atoms with van der Waals surface area (Å²) in [4.78, 5) is 30.3. The van der Waals surface area contributed by atoms with Crippen LogP contribution in [0.15, 0.2) is 36.0 Å². The molecular formula is C28H42N4O6. The lowest BCUT2D eigenvalue weighted by Crippen LogP contribution is -2.46. The first-order chi connectivity index (χ1) is 18.0. The van der Waals surface area contributed by atoms with Crippen molar-refractivity contribution >= 4 is 29.0 Å². The third kappa shape index (κ3) is 8.49. The number of ether oxygens (including phenoxy) is 3. The number of imidazole rings is 1. The molecule has 1 aromatic carbocycles. The summed E-state index contributed by atoms with van der Waals surface area (Å²) in [6.45, 7) is 10.2. The standard InChI is InChI=1S/C28H42N4O6/c1-18(2)11-22(14-31(6)17-33)27-30-24-12-21(13-29-26(20(5)34)28(35)38-19(3)4)9-10-25(24)32(27)23(15-36-7)16-37-8/h9-12,14,17,19-20,23,26,29,34H,13,15-16H2,1-8H3/b22-14+/t20-,26+/m1/s1. The summed E-state index contributed by atoms with van der Waals surface area (Å²) in [6, 6.07) is 4.82. The van der Waals surface area contributed by atoms with E-state index in [1.54, 1.807) is 48.2 Å². The molecular weight excluding hydrogens is 488 g/mol. The first kappa shape index (κ1) is 31.2. The number of carbonyl (C=O) groups excluding carboxylic acids is 2. The number of carbonyl (C=O) groups is 2. The van der Waals surface area contributed by atoms with Gasteiger partial charge in [0, 0.05) is 39.6 Å². The van der Waals surface area contributed by atoms with Crippen LogP contribution >= 0.6 is 0 Å². The molecule has 10 nitrogen and oxygen atoms in total. The van der Waals surface area contributed by atoms with Gasteiger partial charge in [-0.1, -0.05) is 17.7 Å². The van der Waals surface area contributed by atoms with Gasteiger partial charge < -0.3 is 28.8 Å². The lowest BCUT2D eigenvalue weighted by atomic mass is 10.1. The van der Waals surface area contributed by atoms with E-state index in [0.717, 1.165) is 34.2 Å². The van der Waals surface area contributed by atoms with Gasteiger partial charge in [-0.2, -0.15) is 0 Å². The third-order valence-corrected chi connectivity index (χ3v) is 5.66. The van der Waals surface area contributed by atoms with Crippen molar-refractivity contribution < 1.29 is 28.9 Å². The minimum Gasteiger partial charge on any atom is -0.462 e. The Morgan fingerprint density at radius 3 is 2.37 bits per heavy atom. The van der Waals surface area contributed by atoms with Crippen LogP contribution in [0, 0.1) is 0 Å². The summed E-state index contributed by atoms with van der Waals surface area (Å²) >= 11 is 0. The Balaban J connectivity index is 2.59. The van der Waals surface area contributed by atoms with Gasteiger partial charge in [-0.25, -0.2) is 4.98 Å². The summed E-state index contributed by atoms with van der Waals surface area (Å²) in [5.41, 5.74) is 4.29. The SMILES string of the molecule is COCC(COC)n1c(/C(C=C(C)C)=C/N(C)C=O)nc2cc(CN[C@H](C(=O)OC(C)C)[C@@H](C)O)ccc21. The van der Waals surface area contributed by atoms with Crippen molar-refractivity contribution in [3.63, 3.8) is 0 Å². The molecule has 0 radical (unpaired) electrons. The lowest BCUT2D eigenvalue weighted by molar-refractivity contribution is -0.152. The number of rotatable bonds is 15. The molecule has 0 spiro atoms. The Hall–Kier alpha value is -3.05. The van der Waals surface area contributed by atoms with Crippen LogP contribution in [-0.4, -0.2) is 84.7 Å². The largest absolute Gasteiger partial charge is 0.462 e. The second kappa shape index (κ2) is 14.8. The van der Waals surface area contributed by atoms with Crippen molar-refractivity contribution in [1.82, 2.24) is 19.8 Å². The van der Waals surface area contributed by atoms with Gasteiger partial charge in [0.05, 0.1) is 42.5 Å². The minimum atomic E-state index is -0.925. The Morgan fingerprint density at radius 2 is 1.84 bits per heavy atom. The van der Waals surface area contributed by atoms with E-state index < -0.39 is 18.1 Å². The van der Waals surface area contributed by atoms with Gasteiger partial charge in [-0.3, -0.25) is 14.9 Å². The number of benzene rings is 1. The maximum absolute atomic E-state index is 12.4. The first-order valence-corrected chi connectivity index (χ1v) is 12.7. The lowest BCUT2D eigenvalue weighted by Gasteiger charge is -2.22. The Kier molecular flexibility index (Phi) is 12.1. The third-order valence-electron chi connectivity index (χ3n) is 5.66. The summed E-state index contributed by atoms with van der Waals surface area (Å²) < 4.78 is 18.4. The monoisotopic (exact) mass is 530 g/mol.